The molecule has 0 aliphatic heterocycles. The molecule has 0 radical (unpaired) electrons. The molecular formula is C86H166N4O10. The van der Waals surface area contributed by atoms with Crippen molar-refractivity contribution < 1.29 is 47.7 Å². The SMILES string of the molecule is CCCCCCCCCCCOC(=O)CCCCCN(CCCCCCCC(=O)OCCCC(CCCCC)CCCCC)CCNC(=O)CCC(=O)NCCN(CCCCCCCC(=O)OCCCC(CCCCC)CCCCC)CCCCCC(=O)OCCCCCCCCCCC. The van der Waals surface area contributed by atoms with Crippen molar-refractivity contribution in [2.75, 3.05) is 78.8 Å². The summed E-state index contributed by atoms with van der Waals surface area (Å²) in [5.74, 6) is 0.964. The first-order valence-electron chi connectivity index (χ1n) is 43.6. The fourth-order valence-electron chi connectivity index (χ4n) is 13.8. The maximum atomic E-state index is 13.1. The highest BCUT2D eigenvalue weighted by molar-refractivity contribution is 5.83. The highest BCUT2D eigenvalue weighted by atomic mass is 16.5. The first kappa shape index (κ1) is 96.7. The van der Waals surface area contributed by atoms with E-state index in [-0.39, 0.29) is 48.5 Å². The van der Waals surface area contributed by atoms with Gasteiger partial charge in [0.25, 0.3) is 0 Å². The van der Waals surface area contributed by atoms with Crippen molar-refractivity contribution in [3.8, 4) is 0 Å². The van der Waals surface area contributed by atoms with Gasteiger partial charge in [0.15, 0.2) is 0 Å². The van der Waals surface area contributed by atoms with Gasteiger partial charge in [-0.05, 0) is 128 Å². The Balaban J connectivity index is 5.14. The molecule has 0 rings (SSSR count). The lowest BCUT2D eigenvalue weighted by Gasteiger charge is -2.23. The van der Waals surface area contributed by atoms with Crippen LogP contribution in [0.1, 0.15) is 427 Å². The van der Waals surface area contributed by atoms with Crippen LogP contribution in [0.5, 0.6) is 0 Å². The van der Waals surface area contributed by atoms with E-state index in [1.807, 2.05) is 0 Å². The van der Waals surface area contributed by atoms with Crippen LogP contribution in [0.4, 0.5) is 0 Å². The molecule has 0 aromatic rings. The second kappa shape index (κ2) is 78.3. The monoisotopic (exact) mass is 1420 g/mol. The predicted octanol–water partition coefficient (Wildman–Crippen LogP) is 22.8. The number of rotatable bonds is 81. The molecule has 0 unspecified atom stereocenters. The summed E-state index contributed by atoms with van der Waals surface area (Å²) in [4.78, 5) is 81.4. The van der Waals surface area contributed by atoms with E-state index in [2.05, 4.69) is 62.0 Å². The van der Waals surface area contributed by atoms with Crippen molar-refractivity contribution in [2.24, 2.45) is 11.8 Å². The van der Waals surface area contributed by atoms with E-state index in [0.29, 0.717) is 65.2 Å². The van der Waals surface area contributed by atoms with Crippen molar-refractivity contribution in [3.63, 3.8) is 0 Å². The van der Waals surface area contributed by atoms with Crippen LogP contribution in [-0.2, 0) is 47.7 Å². The van der Waals surface area contributed by atoms with Crippen LogP contribution in [-0.4, -0.2) is 124 Å². The van der Waals surface area contributed by atoms with E-state index in [4.69, 9.17) is 18.9 Å². The molecule has 0 fully saturated rings. The first-order chi connectivity index (χ1) is 49.0. The Morgan fingerprint density at radius 3 is 0.720 bits per heavy atom. The largest absolute Gasteiger partial charge is 0.466 e. The van der Waals surface area contributed by atoms with Gasteiger partial charge in [-0.25, -0.2) is 0 Å². The van der Waals surface area contributed by atoms with E-state index >= 15 is 0 Å². The molecule has 0 bridgehead atoms. The van der Waals surface area contributed by atoms with Crippen molar-refractivity contribution in [2.45, 2.75) is 427 Å². The topological polar surface area (TPSA) is 170 Å². The number of hydrogen-bond acceptors (Lipinski definition) is 12. The summed E-state index contributed by atoms with van der Waals surface area (Å²) in [6.07, 6.45) is 64.9. The molecule has 100 heavy (non-hydrogen) atoms. The van der Waals surface area contributed by atoms with Gasteiger partial charge in [-0.15, -0.1) is 0 Å². The molecule has 2 amide bonds. The first-order valence-corrected chi connectivity index (χ1v) is 43.6. The van der Waals surface area contributed by atoms with Crippen LogP contribution in [0.3, 0.4) is 0 Å². The minimum absolute atomic E-state index is 0.0624. The Kier molecular flexibility index (Phi) is 75.8. The van der Waals surface area contributed by atoms with E-state index in [1.54, 1.807) is 0 Å². The van der Waals surface area contributed by atoms with Crippen LogP contribution < -0.4 is 10.6 Å². The zero-order valence-electron chi connectivity index (χ0n) is 67.0. The number of carbonyl (C=O) groups is 6. The van der Waals surface area contributed by atoms with E-state index < -0.39 is 0 Å². The number of carbonyl (C=O) groups excluding carboxylic acids is 6. The lowest BCUT2D eigenvalue weighted by atomic mass is 9.91. The molecule has 0 atom stereocenters. The van der Waals surface area contributed by atoms with Crippen molar-refractivity contribution in [1.82, 2.24) is 20.4 Å². The number of unbranched alkanes of at least 4 members (excludes halogenated alkanes) is 36. The molecule has 0 saturated carbocycles. The number of esters is 4. The van der Waals surface area contributed by atoms with Crippen LogP contribution >= 0.6 is 0 Å². The Hall–Kier alpha value is -3.26. The Labute approximate surface area is 618 Å². The summed E-state index contributed by atoms with van der Waals surface area (Å²) in [5.41, 5.74) is 0. The molecule has 0 aliphatic rings. The summed E-state index contributed by atoms with van der Waals surface area (Å²) >= 11 is 0. The number of nitrogens with one attached hydrogen (secondary N) is 2. The third kappa shape index (κ3) is 71.7. The number of hydrogen-bond donors (Lipinski definition) is 2. The minimum atomic E-state index is -0.121. The molecule has 0 saturated heterocycles. The van der Waals surface area contributed by atoms with Gasteiger partial charge < -0.3 is 39.4 Å². The lowest BCUT2D eigenvalue weighted by molar-refractivity contribution is -0.144. The van der Waals surface area contributed by atoms with Gasteiger partial charge in [0.05, 0.1) is 26.4 Å². The van der Waals surface area contributed by atoms with Gasteiger partial charge >= 0.3 is 23.9 Å². The van der Waals surface area contributed by atoms with Crippen LogP contribution in [0.25, 0.3) is 0 Å². The maximum absolute atomic E-state index is 13.1. The third-order valence-electron chi connectivity index (χ3n) is 20.4. The predicted molar refractivity (Wildman–Crippen MR) is 421 cm³/mol. The second-order valence-corrected chi connectivity index (χ2v) is 30.1. The molecular weight excluding hydrogens is 1250 g/mol. The Bertz CT molecular complexity index is 1660. The number of amides is 2. The Morgan fingerprint density at radius 1 is 0.230 bits per heavy atom. The summed E-state index contributed by atoms with van der Waals surface area (Å²) < 4.78 is 22.5. The molecule has 0 aromatic carbocycles. The summed E-state index contributed by atoms with van der Waals surface area (Å²) in [6, 6.07) is 0. The van der Waals surface area contributed by atoms with Gasteiger partial charge in [0, 0.05) is 64.7 Å². The molecule has 2 N–H and O–H groups in total. The summed E-state index contributed by atoms with van der Waals surface area (Å²) in [5, 5.41) is 6.18. The molecule has 14 nitrogen and oxygen atoms in total. The smallest absolute Gasteiger partial charge is 0.305 e. The normalized spacial score (nSPS) is 11.6. The number of nitrogens with zero attached hydrogens (tertiary/aromatic N) is 2. The number of ether oxygens (including phenoxy) is 4. The fraction of sp³-hybridized carbons (Fsp3) is 0.930. The zero-order chi connectivity index (χ0) is 72.9. The van der Waals surface area contributed by atoms with Gasteiger partial charge in [-0.3, -0.25) is 28.8 Å². The summed E-state index contributed by atoms with van der Waals surface area (Å²) in [6.45, 7) is 21.8. The molecule has 0 aromatic heterocycles. The van der Waals surface area contributed by atoms with Gasteiger partial charge in [-0.1, -0.05) is 298 Å². The van der Waals surface area contributed by atoms with E-state index in [1.165, 1.54) is 193 Å². The summed E-state index contributed by atoms with van der Waals surface area (Å²) in [7, 11) is 0. The van der Waals surface area contributed by atoms with Gasteiger partial charge in [0.2, 0.25) is 11.8 Å². The molecule has 0 spiro atoms. The standard InChI is InChI=1S/C86H166N4O10/c1-7-13-19-21-23-25-27-35-51-75-97-83(93)63-45-37-49-71-89(69-47-33-29-31-43-61-85(95)99-77-53-59-79(55-39-15-9-3)56-40-16-10-4)73-67-87-81(91)65-66-82(92)88-68-74-90(72-50-38-46-64-84(94)98-76-52-36-28-26-24-22-20-14-8-2)70-48-34-30-32-44-62-86(96)100-78-54-60-80(57-41-17-11-5)58-42-18-12-6/h79-80H,7-78H2,1-6H3,(H,87,91)(H,88,92). The molecule has 0 heterocycles. The lowest BCUT2D eigenvalue weighted by Crippen LogP contribution is -2.37. The van der Waals surface area contributed by atoms with Gasteiger partial charge in [0.1, 0.15) is 0 Å². The highest BCUT2D eigenvalue weighted by Crippen LogP contribution is 2.25. The zero-order valence-corrected chi connectivity index (χ0v) is 67.0. The van der Waals surface area contributed by atoms with Crippen LogP contribution in [0, 0.1) is 11.8 Å². The van der Waals surface area contributed by atoms with Gasteiger partial charge in [-0.2, -0.15) is 0 Å². The fourth-order valence-corrected chi connectivity index (χ4v) is 13.8. The molecule has 14 heteroatoms. The van der Waals surface area contributed by atoms with E-state index in [0.717, 1.165) is 205 Å². The van der Waals surface area contributed by atoms with E-state index in [9.17, 15) is 28.8 Å². The van der Waals surface area contributed by atoms with Crippen LogP contribution in [0.15, 0.2) is 0 Å². The second-order valence-electron chi connectivity index (χ2n) is 30.1. The maximum Gasteiger partial charge on any atom is 0.305 e. The van der Waals surface area contributed by atoms with Crippen molar-refractivity contribution in [3.05, 3.63) is 0 Å². The van der Waals surface area contributed by atoms with Crippen LogP contribution in [0.2, 0.25) is 0 Å². The minimum Gasteiger partial charge on any atom is -0.466 e. The molecule has 590 valence electrons. The Morgan fingerprint density at radius 2 is 0.440 bits per heavy atom. The molecule has 0 aliphatic carbocycles. The van der Waals surface area contributed by atoms with Crippen molar-refractivity contribution >= 4 is 35.7 Å². The van der Waals surface area contributed by atoms with Crippen molar-refractivity contribution in [1.29, 1.82) is 0 Å². The quantitative estimate of drug-likeness (QED) is 0.0336. The third-order valence-corrected chi connectivity index (χ3v) is 20.4. The average molecular weight is 1420 g/mol. The highest BCUT2D eigenvalue weighted by Gasteiger charge is 2.15. The average Bonchev–Trinajstić information content (AvgIpc) is 3.59.